The number of piperazine rings is 1. The van der Waals surface area contributed by atoms with Crippen molar-refractivity contribution in [3.05, 3.63) is 70.6 Å². The minimum Gasteiger partial charge on any atom is -0.494 e. The number of ether oxygens (including phenoxy) is 1. The zero-order chi connectivity index (χ0) is 24.3. The van der Waals surface area contributed by atoms with E-state index in [1.54, 1.807) is 10.4 Å². The highest BCUT2D eigenvalue weighted by molar-refractivity contribution is 7.89. The van der Waals surface area contributed by atoms with Gasteiger partial charge in [-0.3, -0.25) is 4.98 Å². The van der Waals surface area contributed by atoms with E-state index in [9.17, 15) is 13.2 Å². The van der Waals surface area contributed by atoms with Crippen molar-refractivity contribution in [2.75, 3.05) is 45.1 Å². The molecule has 2 N–H and O–H groups in total. The normalized spacial score (nSPS) is 15.2. The topological polar surface area (TPSA) is 111 Å². The highest BCUT2D eigenvalue weighted by Gasteiger charge is 2.26. The number of nitrogens with zero attached hydrogens (tertiary/aromatic N) is 3. The monoisotopic (exact) mass is 531 g/mol. The molecule has 0 atom stereocenters. The van der Waals surface area contributed by atoms with Gasteiger partial charge in [-0.2, -0.15) is 4.31 Å². The second-order valence-electron chi connectivity index (χ2n) is 8.81. The number of aromatic nitrogens is 3. The summed E-state index contributed by atoms with van der Waals surface area (Å²) in [5.74, 6) is 0.707. The molecule has 2 aromatic carbocycles. The van der Waals surface area contributed by atoms with Crippen molar-refractivity contribution >= 4 is 44.5 Å². The lowest BCUT2D eigenvalue weighted by molar-refractivity contribution is 0.190. The predicted octanol–water partition coefficient (Wildman–Crippen LogP) is 2.79. The SMILES string of the molecule is Cl.O=c1[nH]c2cc3cc(OCCCS(=O)(=O)N4CCN(CCc5ccccc5)CC4)ccc3nc2[nH]1. The lowest BCUT2D eigenvalue weighted by Crippen LogP contribution is -2.49. The first-order chi connectivity index (χ1) is 17.0. The van der Waals surface area contributed by atoms with E-state index < -0.39 is 10.0 Å². The molecule has 2 aromatic heterocycles. The molecule has 3 heterocycles. The number of imidazole rings is 1. The Kier molecular flexibility index (Phi) is 8.30. The van der Waals surface area contributed by atoms with Gasteiger partial charge in [0.05, 0.1) is 23.4 Å². The fraction of sp³-hybridized carbons (Fsp3) is 0.360. The van der Waals surface area contributed by atoms with Gasteiger partial charge < -0.3 is 14.6 Å². The third-order valence-corrected chi connectivity index (χ3v) is 8.32. The van der Waals surface area contributed by atoms with Crippen LogP contribution in [-0.4, -0.2) is 77.7 Å². The van der Waals surface area contributed by atoms with Crippen molar-refractivity contribution < 1.29 is 13.2 Å². The Morgan fingerprint density at radius 1 is 0.972 bits per heavy atom. The molecule has 0 unspecified atom stereocenters. The Morgan fingerprint density at radius 2 is 1.75 bits per heavy atom. The first-order valence-corrected chi connectivity index (χ1v) is 13.5. The average molecular weight is 532 g/mol. The van der Waals surface area contributed by atoms with E-state index in [1.165, 1.54) is 5.56 Å². The molecular formula is C25H30ClN5O4S. The maximum Gasteiger partial charge on any atom is 0.325 e. The molecule has 0 aliphatic carbocycles. The summed E-state index contributed by atoms with van der Waals surface area (Å²) < 4.78 is 33.0. The Bertz CT molecular complexity index is 1460. The van der Waals surface area contributed by atoms with E-state index >= 15 is 0 Å². The third-order valence-electron chi connectivity index (χ3n) is 6.37. The molecule has 1 fully saturated rings. The number of sulfonamides is 1. The van der Waals surface area contributed by atoms with Gasteiger partial charge in [0.2, 0.25) is 10.0 Å². The molecule has 1 aliphatic heterocycles. The van der Waals surface area contributed by atoms with Crippen molar-refractivity contribution in [2.45, 2.75) is 12.8 Å². The number of nitrogens with one attached hydrogen (secondary N) is 2. The number of hydrogen-bond donors (Lipinski definition) is 2. The summed E-state index contributed by atoms with van der Waals surface area (Å²) in [6.45, 7) is 3.83. The van der Waals surface area contributed by atoms with Crippen LogP contribution in [0.4, 0.5) is 0 Å². The van der Waals surface area contributed by atoms with Crippen molar-refractivity contribution in [3.8, 4) is 5.75 Å². The molecule has 0 spiro atoms. The number of fused-ring (bicyclic) bond motifs is 2. The second-order valence-corrected chi connectivity index (χ2v) is 10.9. The van der Waals surface area contributed by atoms with Gasteiger partial charge in [0.1, 0.15) is 5.75 Å². The summed E-state index contributed by atoms with van der Waals surface area (Å²) in [6.07, 6.45) is 1.39. The van der Waals surface area contributed by atoms with E-state index in [-0.39, 0.29) is 23.8 Å². The lowest BCUT2D eigenvalue weighted by Gasteiger charge is -2.34. The molecule has 4 aromatic rings. The van der Waals surface area contributed by atoms with Crippen LogP contribution in [0.15, 0.2) is 59.4 Å². The number of benzene rings is 2. The van der Waals surface area contributed by atoms with E-state index in [0.29, 0.717) is 43.0 Å². The van der Waals surface area contributed by atoms with Crippen LogP contribution in [-0.2, 0) is 16.4 Å². The van der Waals surface area contributed by atoms with Gasteiger partial charge in [-0.15, -0.1) is 12.4 Å². The molecule has 11 heteroatoms. The minimum absolute atomic E-state index is 0. The Labute approximate surface area is 215 Å². The Hall–Kier alpha value is -2.92. The molecule has 192 valence electrons. The predicted molar refractivity (Wildman–Crippen MR) is 144 cm³/mol. The molecule has 1 aliphatic rings. The molecule has 0 radical (unpaired) electrons. The largest absolute Gasteiger partial charge is 0.494 e. The van der Waals surface area contributed by atoms with Crippen LogP contribution in [0.5, 0.6) is 5.75 Å². The molecule has 0 bridgehead atoms. The van der Waals surface area contributed by atoms with Crippen molar-refractivity contribution in [1.82, 2.24) is 24.2 Å². The van der Waals surface area contributed by atoms with Crippen LogP contribution in [0.1, 0.15) is 12.0 Å². The fourth-order valence-corrected chi connectivity index (χ4v) is 5.88. The summed E-state index contributed by atoms with van der Waals surface area (Å²) in [6, 6.07) is 17.7. The fourth-order valence-electron chi connectivity index (χ4n) is 4.42. The van der Waals surface area contributed by atoms with Crippen molar-refractivity contribution in [1.29, 1.82) is 0 Å². The summed E-state index contributed by atoms with van der Waals surface area (Å²) in [7, 11) is -3.31. The number of aromatic amines is 2. The summed E-state index contributed by atoms with van der Waals surface area (Å²) >= 11 is 0. The number of rotatable bonds is 9. The molecule has 1 saturated heterocycles. The zero-order valence-corrected chi connectivity index (χ0v) is 21.5. The molecule has 9 nitrogen and oxygen atoms in total. The number of H-pyrrole nitrogens is 2. The van der Waals surface area contributed by atoms with E-state index in [2.05, 4.69) is 32.0 Å². The average Bonchev–Trinajstić information content (AvgIpc) is 3.23. The highest BCUT2D eigenvalue weighted by atomic mass is 35.5. The smallest absolute Gasteiger partial charge is 0.325 e. The van der Waals surface area contributed by atoms with Gasteiger partial charge in [-0.05, 0) is 42.7 Å². The van der Waals surface area contributed by atoms with Crippen LogP contribution in [0.3, 0.4) is 0 Å². The zero-order valence-electron chi connectivity index (χ0n) is 19.9. The van der Waals surface area contributed by atoms with Crippen molar-refractivity contribution in [3.63, 3.8) is 0 Å². The molecule has 0 amide bonds. The van der Waals surface area contributed by atoms with Crippen LogP contribution >= 0.6 is 12.4 Å². The van der Waals surface area contributed by atoms with Gasteiger partial charge in [0.25, 0.3) is 0 Å². The first kappa shape index (κ1) is 26.2. The Morgan fingerprint density at radius 3 is 2.53 bits per heavy atom. The Balaban J connectivity index is 0.00000304. The molecule has 36 heavy (non-hydrogen) atoms. The van der Waals surface area contributed by atoms with Crippen LogP contribution in [0.25, 0.3) is 22.1 Å². The first-order valence-electron chi connectivity index (χ1n) is 11.9. The van der Waals surface area contributed by atoms with Crippen LogP contribution in [0, 0.1) is 0 Å². The number of hydrogen-bond acceptors (Lipinski definition) is 6. The van der Waals surface area contributed by atoms with Gasteiger partial charge in [-0.25, -0.2) is 18.2 Å². The van der Waals surface area contributed by atoms with E-state index in [0.717, 1.165) is 37.0 Å². The summed E-state index contributed by atoms with van der Waals surface area (Å²) in [4.78, 5) is 23.6. The highest BCUT2D eigenvalue weighted by Crippen LogP contribution is 2.22. The van der Waals surface area contributed by atoms with Crippen LogP contribution in [0.2, 0.25) is 0 Å². The number of pyridine rings is 1. The maximum absolute atomic E-state index is 12.8. The van der Waals surface area contributed by atoms with Crippen LogP contribution < -0.4 is 10.4 Å². The van der Waals surface area contributed by atoms with Gasteiger partial charge in [0.15, 0.2) is 5.65 Å². The lowest BCUT2D eigenvalue weighted by atomic mass is 10.1. The van der Waals surface area contributed by atoms with Crippen molar-refractivity contribution in [2.24, 2.45) is 0 Å². The molecule has 0 saturated carbocycles. The molecular weight excluding hydrogens is 502 g/mol. The maximum atomic E-state index is 12.8. The number of halogens is 1. The quantitative estimate of drug-likeness (QED) is 0.321. The van der Waals surface area contributed by atoms with Gasteiger partial charge >= 0.3 is 5.69 Å². The molecule has 5 rings (SSSR count). The summed E-state index contributed by atoms with van der Waals surface area (Å²) in [5.41, 5.74) is 2.89. The van der Waals surface area contributed by atoms with Gasteiger partial charge in [0, 0.05) is 38.1 Å². The second kappa shape index (κ2) is 11.4. The van der Waals surface area contributed by atoms with Gasteiger partial charge in [-0.1, -0.05) is 30.3 Å². The third kappa shape index (κ3) is 6.25. The van der Waals surface area contributed by atoms with E-state index in [4.69, 9.17) is 4.74 Å². The summed E-state index contributed by atoms with van der Waals surface area (Å²) in [5, 5.41) is 0.836. The van der Waals surface area contributed by atoms with E-state index in [1.807, 2.05) is 36.4 Å². The minimum atomic E-state index is -3.31. The standard InChI is InChI=1S/C25H29N5O4S.ClH/c31-25-27-23-18-20-17-21(7-8-22(20)26-24(23)28-25)34-15-4-16-35(32,33)30-13-11-29(12-14-30)10-9-19-5-2-1-3-6-19;/h1-3,5-8,17-18H,4,9-16H2,(H2,26,27,28,31);1H.